The molecule has 2 amide bonds. The van der Waals surface area contributed by atoms with Crippen molar-refractivity contribution < 1.29 is 9.59 Å². The van der Waals surface area contributed by atoms with Gasteiger partial charge in [-0.25, -0.2) is 0 Å². The first-order chi connectivity index (χ1) is 10.1. The number of carbonyl (C=O) groups excluding carboxylic acids is 2. The van der Waals surface area contributed by atoms with Gasteiger partial charge >= 0.3 is 0 Å². The Morgan fingerprint density at radius 2 is 1.09 bits per heavy atom. The summed E-state index contributed by atoms with van der Waals surface area (Å²) >= 11 is 6.67. The van der Waals surface area contributed by atoms with E-state index in [0.29, 0.717) is 22.0 Å². The van der Waals surface area contributed by atoms with Crippen LogP contribution in [0.25, 0.3) is 0 Å². The summed E-state index contributed by atoms with van der Waals surface area (Å²) < 4.78 is 0. The maximum Gasteiger partial charge on any atom is 0.230 e. The number of alkyl halides is 2. The van der Waals surface area contributed by atoms with Gasteiger partial charge in [-0.3, -0.25) is 9.59 Å². The van der Waals surface area contributed by atoms with E-state index in [2.05, 4.69) is 42.5 Å². The van der Waals surface area contributed by atoms with E-state index in [1.165, 1.54) is 0 Å². The molecule has 0 radical (unpaired) electrons. The van der Waals surface area contributed by atoms with Gasteiger partial charge in [0.15, 0.2) is 0 Å². The predicted octanol–water partition coefficient (Wildman–Crippen LogP) is 4.41. The van der Waals surface area contributed by atoms with Gasteiger partial charge in [-0.15, -0.1) is 0 Å². The fourth-order valence-corrected chi connectivity index (χ4v) is 1.87. The van der Waals surface area contributed by atoms with Gasteiger partial charge in [-0.2, -0.15) is 0 Å². The molecule has 122 valence electrons. The van der Waals surface area contributed by atoms with Crippen LogP contribution in [0.15, 0.2) is 24.3 Å². The standard InChI is InChI=1S/C16H22Br2N2O2/c1-15(2,9-17)13(21)19-11-5-7-12(8-6-11)20-14(22)16(3,4)10-18/h5-8H,9-10H2,1-4H3,(H,19,21)(H,20,22). The Hall–Kier alpha value is -0.880. The largest absolute Gasteiger partial charge is 0.326 e. The number of hydrogen-bond donors (Lipinski definition) is 2. The van der Waals surface area contributed by atoms with Gasteiger partial charge in [0, 0.05) is 22.0 Å². The minimum Gasteiger partial charge on any atom is -0.326 e. The number of anilines is 2. The van der Waals surface area contributed by atoms with Gasteiger partial charge in [0.05, 0.1) is 10.8 Å². The highest BCUT2D eigenvalue weighted by molar-refractivity contribution is 9.09. The molecule has 4 nitrogen and oxygen atoms in total. The highest BCUT2D eigenvalue weighted by atomic mass is 79.9. The number of amides is 2. The van der Waals surface area contributed by atoms with E-state index in [9.17, 15) is 9.59 Å². The van der Waals surface area contributed by atoms with Gasteiger partial charge in [-0.05, 0) is 24.3 Å². The summed E-state index contributed by atoms with van der Waals surface area (Å²) in [6.45, 7) is 7.48. The number of halogens is 2. The predicted molar refractivity (Wildman–Crippen MR) is 98.9 cm³/mol. The third-order valence-electron chi connectivity index (χ3n) is 3.30. The van der Waals surface area contributed by atoms with E-state index < -0.39 is 10.8 Å². The second-order valence-corrected chi connectivity index (χ2v) is 7.64. The number of carbonyl (C=O) groups is 2. The summed E-state index contributed by atoms with van der Waals surface area (Å²) in [5.74, 6) is -0.108. The van der Waals surface area contributed by atoms with Crippen molar-refractivity contribution in [2.75, 3.05) is 21.3 Å². The number of hydrogen-bond acceptors (Lipinski definition) is 2. The van der Waals surface area contributed by atoms with E-state index in [0.717, 1.165) is 0 Å². The maximum atomic E-state index is 12.1. The monoisotopic (exact) mass is 432 g/mol. The Morgan fingerprint density at radius 3 is 1.32 bits per heavy atom. The number of rotatable bonds is 6. The summed E-state index contributed by atoms with van der Waals surface area (Å²) in [6.07, 6.45) is 0. The van der Waals surface area contributed by atoms with E-state index >= 15 is 0 Å². The molecule has 1 rings (SSSR count). The zero-order chi connectivity index (χ0) is 17.0. The van der Waals surface area contributed by atoms with Gasteiger partial charge < -0.3 is 10.6 Å². The highest BCUT2D eigenvalue weighted by Crippen LogP contribution is 2.24. The minimum absolute atomic E-state index is 0.0541. The molecule has 0 bridgehead atoms. The van der Waals surface area contributed by atoms with Crippen LogP contribution in [0.3, 0.4) is 0 Å². The normalized spacial score (nSPS) is 11.9. The summed E-state index contributed by atoms with van der Waals surface area (Å²) in [7, 11) is 0. The Balaban J connectivity index is 2.72. The maximum absolute atomic E-state index is 12.1. The van der Waals surface area contributed by atoms with Crippen LogP contribution in [0.1, 0.15) is 27.7 Å². The molecule has 0 atom stereocenters. The minimum atomic E-state index is -0.479. The molecule has 0 aromatic heterocycles. The van der Waals surface area contributed by atoms with Crippen molar-refractivity contribution in [1.82, 2.24) is 0 Å². The lowest BCUT2D eigenvalue weighted by Gasteiger charge is -2.21. The average Bonchev–Trinajstić information content (AvgIpc) is 2.48. The van der Waals surface area contributed by atoms with E-state index in [4.69, 9.17) is 0 Å². The lowest BCUT2D eigenvalue weighted by molar-refractivity contribution is -0.123. The zero-order valence-corrected chi connectivity index (χ0v) is 16.5. The molecule has 0 spiro atoms. The Morgan fingerprint density at radius 1 is 0.818 bits per heavy atom. The third kappa shape index (κ3) is 5.09. The van der Waals surface area contributed by atoms with Gasteiger partial charge in [-0.1, -0.05) is 59.6 Å². The second-order valence-electron chi connectivity index (χ2n) is 6.52. The second kappa shape index (κ2) is 7.59. The smallest absolute Gasteiger partial charge is 0.230 e. The van der Waals surface area contributed by atoms with Crippen molar-refractivity contribution >= 4 is 55.0 Å². The molecule has 1 aromatic carbocycles. The fourth-order valence-electron chi connectivity index (χ4n) is 1.36. The summed E-state index contributed by atoms with van der Waals surface area (Å²) in [4.78, 5) is 24.2. The van der Waals surface area contributed by atoms with Crippen molar-refractivity contribution in [2.24, 2.45) is 10.8 Å². The zero-order valence-electron chi connectivity index (χ0n) is 13.3. The van der Waals surface area contributed by atoms with Crippen LogP contribution in [0.5, 0.6) is 0 Å². The van der Waals surface area contributed by atoms with Gasteiger partial charge in [0.25, 0.3) is 0 Å². The Labute approximate surface area is 148 Å². The lowest BCUT2D eigenvalue weighted by atomic mass is 9.95. The Bertz CT molecular complexity index is 491. The van der Waals surface area contributed by atoms with E-state index in [-0.39, 0.29) is 11.8 Å². The summed E-state index contributed by atoms with van der Waals surface area (Å²) in [6, 6.07) is 7.11. The molecule has 6 heteroatoms. The molecular weight excluding hydrogens is 412 g/mol. The highest BCUT2D eigenvalue weighted by Gasteiger charge is 2.27. The van der Waals surface area contributed by atoms with Crippen LogP contribution in [0.4, 0.5) is 11.4 Å². The van der Waals surface area contributed by atoms with Crippen LogP contribution in [-0.2, 0) is 9.59 Å². The quantitative estimate of drug-likeness (QED) is 0.653. The molecule has 0 saturated carbocycles. The first-order valence-corrected chi connectivity index (χ1v) is 9.21. The van der Waals surface area contributed by atoms with Gasteiger partial charge in [0.1, 0.15) is 0 Å². The van der Waals surface area contributed by atoms with Crippen molar-refractivity contribution in [3.8, 4) is 0 Å². The molecule has 2 N–H and O–H groups in total. The molecule has 0 unspecified atom stereocenters. The molecule has 22 heavy (non-hydrogen) atoms. The van der Waals surface area contributed by atoms with Crippen LogP contribution in [0.2, 0.25) is 0 Å². The summed E-state index contributed by atoms with van der Waals surface area (Å²) in [5, 5.41) is 6.90. The Kier molecular flexibility index (Phi) is 6.62. The molecule has 0 aliphatic heterocycles. The first-order valence-electron chi connectivity index (χ1n) is 6.97. The molecule has 0 fully saturated rings. The van der Waals surface area contributed by atoms with Crippen LogP contribution < -0.4 is 10.6 Å². The SMILES string of the molecule is CC(C)(CBr)C(=O)Nc1ccc(NC(=O)C(C)(C)CBr)cc1. The van der Waals surface area contributed by atoms with Crippen molar-refractivity contribution in [3.63, 3.8) is 0 Å². The molecule has 0 aliphatic carbocycles. The first kappa shape index (κ1) is 19.2. The van der Waals surface area contributed by atoms with Gasteiger partial charge in [0.2, 0.25) is 11.8 Å². The lowest BCUT2D eigenvalue weighted by Crippen LogP contribution is -2.32. The van der Waals surface area contributed by atoms with Crippen LogP contribution >= 0.6 is 31.9 Å². The molecule has 0 saturated heterocycles. The van der Waals surface area contributed by atoms with E-state index in [1.807, 2.05) is 27.7 Å². The fraction of sp³-hybridized carbons (Fsp3) is 0.500. The van der Waals surface area contributed by atoms with Crippen molar-refractivity contribution in [3.05, 3.63) is 24.3 Å². The summed E-state index contributed by atoms with van der Waals surface area (Å²) in [5.41, 5.74) is 0.452. The van der Waals surface area contributed by atoms with Crippen molar-refractivity contribution in [1.29, 1.82) is 0 Å². The average molecular weight is 434 g/mol. The third-order valence-corrected chi connectivity index (χ3v) is 6.10. The molecule has 1 aromatic rings. The van der Waals surface area contributed by atoms with Crippen LogP contribution in [0, 0.1) is 10.8 Å². The van der Waals surface area contributed by atoms with Crippen molar-refractivity contribution in [2.45, 2.75) is 27.7 Å². The molecular formula is C16H22Br2N2O2. The number of benzene rings is 1. The molecule has 0 aliphatic rings. The molecule has 0 heterocycles. The number of nitrogens with one attached hydrogen (secondary N) is 2. The van der Waals surface area contributed by atoms with Crippen LogP contribution in [-0.4, -0.2) is 22.5 Å². The topological polar surface area (TPSA) is 58.2 Å². The van der Waals surface area contributed by atoms with E-state index in [1.54, 1.807) is 24.3 Å².